The van der Waals surface area contributed by atoms with Gasteiger partial charge in [0.15, 0.2) is 0 Å². The van der Waals surface area contributed by atoms with Gasteiger partial charge in [-0.15, -0.1) is 0 Å². The van der Waals surface area contributed by atoms with E-state index in [2.05, 4.69) is 10.3 Å². The van der Waals surface area contributed by atoms with Crippen LogP contribution in [0.15, 0.2) is 42.7 Å². The molecule has 1 heterocycles. The van der Waals surface area contributed by atoms with E-state index >= 15 is 0 Å². The van der Waals surface area contributed by atoms with E-state index in [-0.39, 0.29) is 24.6 Å². The number of hydrogen-bond acceptors (Lipinski definition) is 4. The maximum atomic E-state index is 13.4. The van der Waals surface area contributed by atoms with Gasteiger partial charge in [-0.25, -0.2) is 9.18 Å². The highest BCUT2D eigenvalue weighted by molar-refractivity contribution is 5.94. The van der Waals surface area contributed by atoms with Crippen molar-refractivity contribution >= 4 is 11.9 Å². The molecule has 22 heavy (non-hydrogen) atoms. The number of carbonyl (C=O) groups excluding carboxylic acids is 2. The topological polar surface area (TPSA) is 68.3 Å². The lowest BCUT2D eigenvalue weighted by Gasteiger charge is -2.07. The van der Waals surface area contributed by atoms with Gasteiger partial charge in [-0.3, -0.25) is 9.78 Å². The highest BCUT2D eigenvalue weighted by Gasteiger charge is 2.10. The maximum Gasteiger partial charge on any atom is 0.338 e. The molecule has 0 radical (unpaired) electrons. The van der Waals surface area contributed by atoms with E-state index in [1.165, 1.54) is 24.5 Å². The molecule has 5 nitrogen and oxygen atoms in total. The number of nitrogens with one attached hydrogen (secondary N) is 1. The zero-order valence-electron chi connectivity index (χ0n) is 12.0. The fourth-order valence-corrected chi connectivity index (χ4v) is 1.72. The normalized spacial score (nSPS) is 10.1. The molecule has 0 unspecified atom stereocenters. The molecule has 2 rings (SSSR count). The number of esters is 1. The summed E-state index contributed by atoms with van der Waals surface area (Å²) in [6, 6.07) is 7.30. The van der Waals surface area contributed by atoms with Crippen LogP contribution in [-0.4, -0.2) is 30.0 Å². The number of aryl methyl sites for hydroxylation is 1. The number of aromatic nitrogens is 1. The van der Waals surface area contributed by atoms with Crippen molar-refractivity contribution in [3.8, 4) is 0 Å². The molecule has 114 valence electrons. The Morgan fingerprint density at radius 3 is 2.59 bits per heavy atom. The third-order valence-corrected chi connectivity index (χ3v) is 2.97. The summed E-state index contributed by atoms with van der Waals surface area (Å²) in [5, 5.41) is 2.61. The Labute approximate surface area is 127 Å². The third-order valence-electron chi connectivity index (χ3n) is 2.97. The van der Waals surface area contributed by atoms with Gasteiger partial charge in [0, 0.05) is 18.0 Å². The predicted molar refractivity (Wildman–Crippen MR) is 78.0 cm³/mol. The van der Waals surface area contributed by atoms with E-state index in [1.54, 1.807) is 19.1 Å². The summed E-state index contributed by atoms with van der Waals surface area (Å²) < 4.78 is 18.3. The second-order valence-corrected chi connectivity index (χ2v) is 4.59. The largest absolute Gasteiger partial charge is 0.460 e. The molecule has 2 aromatic rings. The first-order chi connectivity index (χ1) is 10.6. The first-order valence-electron chi connectivity index (χ1n) is 6.69. The standard InChI is InChI=1S/C16H15FN2O3/c1-11-2-3-13(10-14(11)17)16(21)22-9-8-19-15(20)12-4-6-18-7-5-12/h2-7,10H,8-9H2,1H3,(H,19,20). The molecule has 0 aliphatic rings. The molecular weight excluding hydrogens is 287 g/mol. The average molecular weight is 302 g/mol. The lowest BCUT2D eigenvalue weighted by molar-refractivity contribution is 0.0502. The Morgan fingerprint density at radius 2 is 1.91 bits per heavy atom. The number of ether oxygens (including phenoxy) is 1. The van der Waals surface area contributed by atoms with Gasteiger partial charge in [0.05, 0.1) is 12.1 Å². The van der Waals surface area contributed by atoms with Gasteiger partial charge in [-0.05, 0) is 36.8 Å². The summed E-state index contributed by atoms with van der Waals surface area (Å²) >= 11 is 0. The minimum atomic E-state index is -0.628. The quantitative estimate of drug-likeness (QED) is 0.678. The predicted octanol–water partition coefficient (Wildman–Crippen LogP) is 2.12. The van der Waals surface area contributed by atoms with E-state index in [1.807, 2.05) is 0 Å². The molecule has 0 spiro atoms. The molecule has 1 aromatic heterocycles. The number of rotatable bonds is 5. The van der Waals surface area contributed by atoms with Crippen LogP contribution in [-0.2, 0) is 4.74 Å². The third kappa shape index (κ3) is 4.12. The summed E-state index contributed by atoms with van der Waals surface area (Å²) in [6.45, 7) is 1.78. The van der Waals surface area contributed by atoms with E-state index in [9.17, 15) is 14.0 Å². The van der Waals surface area contributed by atoms with Crippen LogP contribution in [0.5, 0.6) is 0 Å². The monoisotopic (exact) mass is 302 g/mol. The first kappa shape index (κ1) is 15.6. The van der Waals surface area contributed by atoms with Crippen molar-refractivity contribution < 1.29 is 18.7 Å². The fourth-order valence-electron chi connectivity index (χ4n) is 1.72. The lowest BCUT2D eigenvalue weighted by atomic mass is 10.1. The molecular formula is C16H15FN2O3. The van der Waals surface area contributed by atoms with Crippen molar-refractivity contribution in [2.45, 2.75) is 6.92 Å². The zero-order valence-corrected chi connectivity index (χ0v) is 12.0. The van der Waals surface area contributed by atoms with Gasteiger partial charge >= 0.3 is 5.97 Å². The molecule has 0 aliphatic carbocycles. The van der Waals surface area contributed by atoms with Crippen molar-refractivity contribution in [3.05, 3.63) is 65.2 Å². The summed E-state index contributed by atoms with van der Waals surface area (Å²) in [6.07, 6.45) is 3.03. The van der Waals surface area contributed by atoms with Crippen molar-refractivity contribution in [2.75, 3.05) is 13.2 Å². The zero-order chi connectivity index (χ0) is 15.9. The van der Waals surface area contributed by atoms with E-state index in [0.29, 0.717) is 11.1 Å². The van der Waals surface area contributed by atoms with Crippen LogP contribution in [0.2, 0.25) is 0 Å². The molecule has 1 amide bonds. The van der Waals surface area contributed by atoms with Crippen LogP contribution >= 0.6 is 0 Å². The lowest BCUT2D eigenvalue weighted by Crippen LogP contribution is -2.28. The Bertz CT molecular complexity index is 674. The Kier molecular flexibility index (Phi) is 5.19. The van der Waals surface area contributed by atoms with Gasteiger partial charge in [-0.2, -0.15) is 0 Å². The molecule has 6 heteroatoms. The van der Waals surface area contributed by atoms with Gasteiger partial charge in [0.2, 0.25) is 0 Å². The van der Waals surface area contributed by atoms with Crippen molar-refractivity contribution in [2.24, 2.45) is 0 Å². The summed E-state index contributed by atoms with van der Waals surface area (Å²) in [4.78, 5) is 27.2. The van der Waals surface area contributed by atoms with E-state index < -0.39 is 11.8 Å². The number of pyridine rings is 1. The summed E-state index contributed by atoms with van der Waals surface area (Å²) in [5.41, 5.74) is 1.08. The number of benzene rings is 1. The van der Waals surface area contributed by atoms with Crippen LogP contribution in [0.3, 0.4) is 0 Å². The van der Waals surface area contributed by atoms with Crippen molar-refractivity contribution in [1.82, 2.24) is 10.3 Å². The van der Waals surface area contributed by atoms with E-state index in [4.69, 9.17) is 4.74 Å². The van der Waals surface area contributed by atoms with Gasteiger partial charge in [0.1, 0.15) is 12.4 Å². The highest BCUT2D eigenvalue weighted by atomic mass is 19.1. The highest BCUT2D eigenvalue weighted by Crippen LogP contribution is 2.10. The van der Waals surface area contributed by atoms with Crippen LogP contribution in [0, 0.1) is 12.7 Å². The second-order valence-electron chi connectivity index (χ2n) is 4.59. The minimum absolute atomic E-state index is 0.00511. The smallest absolute Gasteiger partial charge is 0.338 e. The number of amides is 1. The summed E-state index contributed by atoms with van der Waals surface area (Å²) in [5.74, 6) is -1.36. The van der Waals surface area contributed by atoms with Crippen LogP contribution < -0.4 is 5.32 Å². The Balaban J connectivity index is 1.78. The maximum absolute atomic E-state index is 13.4. The van der Waals surface area contributed by atoms with Gasteiger partial charge in [0.25, 0.3) is 5.91 Å². The second kappa shape index (κ2) is 7.31. The van der Waals surface area contributed by atoms with Gasteiger partial charge < -0.3 is 10.1 Å². The number of hydrogen-bond donors (Lipinski definition) is 1. The molecule has 0 bridgehead atoms. The van der Waals surface area contributed by atoms with Crippen LogP contribution in [0.25, 0.3) is 0 Å². The molecule has 0 saturated heterocycles. The fraction of sp³-hybridized carbons (Fsp3) is 0.188. The molecule has 0 aliphatic heterocycles. The number of halogens is 1. The van der Waals surface area contributed by atoms with Crippen molar-refractivity contribution in [1.29, 1.82) is 0 Å². The molecule has 1 N–H and O–H groups in total. The minimum Gasteiger partial charge on any atom is -0.460 e. The SMILES string of the molecule is Cc1ccc(C(=O)OCCNC(=O)c2ccncc2)cc1F. The van der Waals surface area contributed by atoms with Gasteiger partial charge in [-0.1, -0.05) is 6.07 Å². The average Bonchev–Trinajstić information content (AvgIpc) is 2.54. The Morgan fingerprint density at radius 1 is 1.18 bits per heavy atom. The van der Waals surface area contributed by atoms with Crippen LogP contribution in [0.4, 0.5) is 4.39 Å². The number of carbonyl (C=O) groups is 2. The first-order valence-corrected chi connectivity index (χ1v) is 6.69. The molecule has 1 aromatic carbocycles. The van der Waals surface area contributed by atoms with Crippen molar-refractivity contribution in [3.63, 3.8) is 0 Å². The number of nitrogens with zero attached hydrogens (tertiary/aromatic N) is 1. The summed E-state index contributed by atoms with van der Waals surface area (Å²) in [7, 11) is 0. The van der Waals surface area contributed by atoms with E-state index in [0.717, 1.165) is 6.07 Å². The Hall–Kier alpha value is -2.76. The molecule has 0 fully saturated rings. The molecule has 0 saturated carbocycles. The molecule has 0 atom stereocenters. The van der Waals surface area contributed by atoms with Crippen LogP contribution in [0.1, 0.15) is 26.3 Å².